The van der Waals surface area contributed by atoms with Crippen molar-refractivity contribution in [3.8, 4) is 11.4 Å². The molecule has 0 saturated carbocycles. The Morgan fingerprint density at radius 3 is 0.830 bits per heavy atom. The van der Waals surface area contributed by atoms with Crippen molar-refractivity contribution in [3.63, 3.8) is 0 Å². The zero-order chi connectivity index (χ0) is 35.9. The van der Waals surface area contributed by atoms with E-state index in [4.69, 9.17) is 0 Å². The summed E-state index contributed by atoms with van der Waals surface area (Å²) in [6.45, 7) is 0. The Hall–Kier alpha value is -5.95. The molecule has 0 unspecified atom stereocenters. The molecular weight excluding hydrogens is 704 g/mol. The molecule has 2 heterocycles. The van der Waals surface area contributed by atoms with Crippen molar-refractivity contribution in [2.75, 3.05) is 0 Å². The quantitative estimate of drug-likeness (QED) is 0.0951. The second-order valence-electron chi connectivity index (χ2n) is 11.7. The summed E-state index contributed by atoms with van der Waals surface area (Å²) in [5.74, 6) is -2.81. The van der Waals surface area contributed by atoms with E-state index in [1.54, 1.807) is 0 Å². The van der Waals surface area contributed by atoms with Gasteiger partial charge in [0.25, 0.3) is 0 Å². The number of rotatable bonds is 2. The van der Waals surface area contributed by atoms with Crippen LogP contribution in [0.4, 0.5) is 17.6 Å². The Kier molecular flexibility index (Phi) is 11.8. The van der Waals surface area contributed by atoms with Gasteiger partial charge in [-0.3, -0.25) is 0 Å². The summed E-state index contributed by atoms with van der Waals surface area (Å²) >= 11 is 0. The third-order valence-electron chi connectivity index (χ3n) is 8.36. The van der Waals surface area contributed by atoms with E-state index in [0.717, 1.165) is 43.6 Å². The second kappa shape index (κ2) is 17.0. The van der Waals surface area contributed by atoms with Crippen LogP contribution in [0.1, 0.15) is 0 Å². The summed E-state index contributed by atoms with van der Waals surface area (Å²) < 4.78 is 57.8. The molecule has 7 heteroatoms. The number of para-hydroxylation sites is 4. The van der Waals surface area contributed by atoms with Gasteiger partial charge < -0.3 is 9.13 Å². The minimum atomic E-state index is -0.702. The maximum absolute atomic E-state index is 13.5. The first-order valence-corrected chi connectivity index (χ1v) is 16.5. The van der Waals surface area contributed by atoms with Crippen molar-refractivity contribution in [1.82, 2.24) is 9.13 Å². The number of benzene rings is 6. The molecule has 0 aliphatic heterocycles. The average molecular weight is 735 g/mol. The van der Waals surface area contributed by atoms with Crippen LogP contribution in [0, 0.1) is 35.4 Å². The van der Waals surface area contributed by atoms with Crippen LogP contribution in [0.15, 0.2) is 182 Å². The standard InChI is InChI=1S/2C18H10F2N.2C5H5.Ti/c2*19-12-9-13(20)11-14(10-12)21-17-7-3-1-5-15(17)16-6-2-4-8-18(16)21;2*1-2-4-5-3-1;/h2*1-8,10-11H;2*1-5H;/q4*-1;+4. The summed E-state index contributed by atoms with van der Waals surface area (Å²) in [4.78, 5) is 0. The fourth-order valence-corrected chi connectivity index (χ4v) is 6.28. The van der Waals surface area contributed by atoms with Crippen LogP contribution in [-0.4, -0.2) is 9.13 Å². The van der Waals surface area contributed by atoms with Gasteiger partial charge in [-0.25, -0.2) is 41.8 Å². The molecule has 0 atom stereocenters. The van der Waals surface area contributed by atoms with Gasteiger partial charge in [0.1, 0.15) is 0 Å². The van der Waals surface area contributed by atoms with Gasteiger partial charge in [0, 0.05) is 44.8 Å². The van der Waals surface area contributed by atoms with Crippen molar-refractivity contribution in [2.24, 2.45) is 0 Å². The molecule has 0 fully saturated rings. The van der Waals surface area contributed by atoms with Gasteiger partial charge in [0.05, 0.1) is 22.1 Å². The Labute approximate surface area is 319 Å². The van der Waals surface area contributed by atoms with E-state index in [1.165, 1.54) is 24.3 Å². The van der Waals surface area contributed by atoms with E-state index in [2.05, 4.69) is 0 Å². The molecule has 10 rings (SSSR count). The predicted octanol–water partition coefficient (Wildman–Crippen LogP) is 12.5. The molecule has 2 aromatic heterocycles. The molecule has 256 valence electrons. The Balaban J connectivity index is 0.000000142. The molecule has 0 aliphatic carbocycles. The van der Waals surface area contributed by atoms with Crippen molar-refractivity contribution in [2.45, 2.75) is 0 Å². The van der Waals surface area contributed by atoms with Crippen LogP contribution in [-0.2, 0) is 21.7 Å². The predicted molar refractivity (Wildman–Crippen MR) is 203 cm³/mol. The van der Waals surface area contributed by atoms with E-state index < -0.39 is 23.3 Å². The van der Waals surface area contributed by atoms with Gasteiger partial charge in [0.15, 0.2) is 0 Å². The van der Waals surface area contributed by atoms with E-state index in [1.807, 2.05) is 179 Å². The van der Waals surface area contributed by atoms with Crippen LogP contribution in [0.5, 0.6) is 0 Å². The van der Waals surface area contributed by atoms with E-state index in [0.29, 0.717) is 11.4 Å². The summed E-state index contributed by atoms with van der Waals surface area (Å²) in [5.41, 5.74) is 4.60. The number of fused-ring (bicyclic) bond motifs is 6. The van der Waals surface area contributed by atoms with Crippen molar-refractivity contribution >= 4 is 43.6 Å². The molecule has 2 nitrogen and oxygen atoms in total. The largest absolute Gasteiger partial charge is 4.00 e. The number of nitrogens with zero attached hydrogens (tertiary/aromatic N) is 2. The smallest absolute Gasteiger partial charge is 0.333 e. The van der Waals surface area contributed by atoms with Crippen LogP contribution >= 0.6 is 0 Å². The molecular formula is C46H30F4N2Ti. The fourth-order valence-electron chi connectivity index (χ4n) is 6.28. The van der Waals surface area contributed by atoms with Gasteiger partial charge in [-0.05, 0) is 24.3 Å². The van der Waals surface area contributed by atoms with Gasteiger partial charge in [0.2, 0.25) is 0 Å². The topological polar surface area (TPSA) is 9.86 Å². The monoisotopic (exact) mass is 734 g/mol. The number of hydrogen-bond acceptors (Lipinski definition) is 0. The van der Waals surface area contributed by atoms with E-state index >= 15 is 0 Å². The minimum Gasteiger partial charge on any atom is -0.333 e. The third-order valence-corrected chi connectivity index (χ3v) is 8.36. The molecule has 8 aromatic carbocycles. The molecule has 10 aromatic rings. The van der Waals surface area contributed by atoms with Crippen molar-refractivity contribution < 1.29 is 39.3 Å². The Bertz CT molecular complexity index is 2320. The molecule has 0 aliphatic rings. The fraction of sp³-hybridized carbons (Fsp3) is 0. The summed E-state index contributed by atoms with van der Waals surface area (Å²) in [6, 6.07) is 60.5. The van der Waals surface area contributed by atoms with Crippen LogP contribution in [0.2, 0.25) is 0 Å². The van der Waals surface area contributed by atoms with Crippen LogP contribution in [0.3, 0.4) is 0 Å². The van der Waals surface area contributed by atoms with Crippen molar-refractivity contribution in [3.05, 3.63) is 217 Å². The molecule has 0 bridgehead atoms. The average Bonchev–Trinajstić information content (AvgIpc) is 3.99. The Morgan fingerprint density at radius 2 is 0.604 bits per heavy atom. The zero-order valence-electron chi connectivity index (χ0n) is 28.2. The SMILES string of the molecule is Fc1[c-]c(F)cc(-n2c3ccccc3c3ccccc32)c1.Fc1[c-]c(F)cc(-n2c3ccccc3c3ccccc32)c1.[Ti+4].c1cc[cH-]c1.c1cc[cH-]c1. The summed E-state index contributed by atoms with van der Waals surface area (Å²) in [6.07, 6.45) is 0. The van der Waals surface area contributed by atoms with Gasteiger partial charge >= 0.3 is 21.7 Å². The number of aromatic nitrogens is 2. The molecule has 0 saturated heterocycles. The first-order chi connectivity index (χ1) is 25.5. The molecule has 0 amide bonds. The van der Waals surface area contributed by atoms with Crippen LogP contribution in [0.25, 0.3) is 55.0 Å². The van der Waals surface area contributed by atoms with Crippen molar-refractivity contribution in [1.29, 1.82) is 0 Å². The maximum Gasteiger partial charge on any atom is 4.00 e. The third kappa shape index (κ3) is 8.26. The second-order valence-corrected chi connectivity index (χ2v) is 11.7. The maximum atomic E-state index is 13.5. The molecule has 0 N–H and O–H groups in total. The number of hydrogen-bond donors (Lipinski definition) is 0. The Morgan fingerprint density at radius 1 is 0.358 bits per heavy atom. The van der Waals surface area contributed by atoms with Gasteiger partial charge in [-0.15, -0.1) is 36.4 Å². The minimum absolute atomic E-state index is 0. The zero-order valence-corrected chi connectivity index (χ0v) is 29.8. The summed E-state index contributed by atoms with van der Waals surface area (Å²) in [7, 11) is 0. The van der Waals surface area contributed by atoms with Gasteiger partial charge in [-0.1, -0.05) is 84.2 Å². The normalized spacial score (nSPS) is 10.5. The van der Waals surface area contributed by atoms with E-state index in [-0.39, 0.29) is 21.7 Å². The summed E-state index contributed by atoms with van der Waals surface area (Å²) in [5, 5.41) is 4.23. The molecule has 0 radical (unpaired) electrons. The number of halogens is 4. The van der Waals surface area contributed by atoms with E-state index in [9.17, 15) is 17.6 Å². The van der Waals surface area contributed by atoms with Gasteiger partial charge in [-0.2, -0.15) is 36.4 Å². The first kappa shape index (κ1) is 36.8. The van der Waals surface area contributed by atoms with Crippen LogP contribution < -0.4 is 0 Å². The molecule has 53 heavy (non-hydrogen) atoms. The first-order valence-electron chi connectivity index (χ1n) is 16.5. The molecule has 0 spiro atoms.